The normalized spacial score (nSPS) is 11.3. The van der Waals surface area contributed by atoms with Crippen LogP contribution in [0.25, 0.3) is 0 Å². The van der Waals surface area contributed by atoms with Crippen molar-refractivity contribution in [2.45, 2.75) is 18.4 Å². The molecule has 130 valence electrons. The summed E-state index contributed by atoms with van der Waals surface area (Å²) in [6.07, 6.45) is 1.54. The maximum atomic E-state index is 13.8. The number of anilines is 1. The van der Waals surface area contributed by atoms with Crippen LogP contribution in [0.3, 0.4) is 0 Å². The van der Waals surface area contributed by atoms with Crippen LogP contribution in [-0.2, 0) is 16.6 Å². The lowest BCUT2D eigenvalue weighted by Crippen LogP contribution is -2.24. The van der Waals surface area contributed by atoms with Gasteiger partial charge in [0.2, 0.25) is 16.0 Å². The van der Waals surface area contributed by atoms with E-state index in [0.29, 0.717) is 18.2 Å². The van der Waals surface area contributed by atoms with Crippen molar-refractivity contribution in [3.8, 4) is 5.75 Å². The molecule has 1 N–H and O–H groups in total. The van der Waals surface area contributed by atoms with Gasteiger partial charge in [-0.25, -0.2) is 27.5 Å². The molecule has 0 atom stereocenters. The fourth-order valence-corrected chi connectivity index (χ4v) is 2.88. The van der Waals surface area contributed by atoms with E-state index in [4.69, 9.17) is 4.74 Å². The molecule has 9 heteroatoms. The van der Waals surface area contributed by atoms with E-state index in [1.54, 1.807) is 38.2 Å². The van der Waals surface area contributed by atoms with Crippen LogP contribution in [0.1, 0.15) is 12.6 Å². The highest BCUT2D eigenvalue weighted by molar-refractivity contribution is 7.89. The molecule has 0 radical (unpaired) electrons. The van der Waals surface area contributed by atoms with E-state index in [1.165, 1.54) is 12.1 Å². The lowest BCUT2D eigenvalue weighted by atomic mass is 10.3. The van der Waals surface area contributed by atoms with Gasteiger partial charge in [0.1, 0.15) is 0 Å². The average molecular weight is 354 g/mol. The van der Waals surface area contributed by atoms with Crippen molar-refractivity contribution in [3.05, 3.63) is 42.0 Å². The lowest BCUT2D eigenvalue weighted by molar-refractivity contribution is 0.321. The molecular weight excluding hydrogens is 335 g/mol. The Morgan fingerprint density at radius 2 is 2.04 bits per heavy atom. The molecule has 1 heterocycles. The third-order valence-corrected chi connectivity index (χ3v) is 4.46. The van der Waals surface area contributed by atoms with E-state index < -0.39 is 15.8 Å². The Balaban J connectivity index is 2.14. The van der Waals surface area contributed by atoms with Gasteiger partial charge in [0.15, 0.2) is 11.6 Å². The maximum absolute atomic E-state index is 13.8. The highest BCUT2D eigenvalue weighted by Gasteiger charge is 2.17. The molecule has 0 aliphatic rings. The summed E-state index contributed by atoms with van der Waals surface area (Å²) >= 11 is 0. The van der Waals surface area contributed by atoms with E-state index in [9.17, 15) is 12.8 Å². The Morgan fingerprint density at radius 1 is 1.29 bits per heavy atom. The van der Waals surface area contributed by atoms with E-state index in [-0.39, 0.29) is 17.2 Å². The summed E-state index contributed by atoms with van der Waals surface area (Å²) in [4.78, 5) is 9.81. The fourth-order valence-electron chi connectivity index (χ4n) is 1.87. The van der Waals surface area contributed by atoms with Crippen LogP contribution in [0, 0.1) is 5.82 Å². The minimum atomic E-state index is -3.87. The largest absolute Gasteiger partial charge is 0.491 e. The second-order valence-electron chi connectivity index (χ2n) is 5.09. The highest BCUT2D eigenvalue weighted by Crippen LogP contribution is 2.21. The van der Waals surface area contributed by atoms with Crippen LogP contribution >= 0.6 is 0 Å². The van der Waals surface area contributed by atoms with Gasteiger partial charge in [0.05, 0.1) is 23.7 Å². The van der Waals surface area contributed by atoms with E-state index in [1.807, 2.05) is 0 Å². The zero-order valence-electron chi connectivity index (χ0n) is 13.7. The summed E-state index contributed by atoms with van der Waals surface area (Å²) in [5, 5.41) is 0. The molecule has 0 aliphatic carbocycles. The topological polar surface area (TPSA) is 84.4 Å². The SMILES string of the molecule is CCOc1ccc(S(=O)(=O)NCc2ccnc(N(C)C)n2)cc1F. The molecule has 2 aromatic rings. The summed E-state index contributed by atoms with van der Waals surface area (Å²) in [6.45, 7) is 1.99. The minimum absolute atomic E-state index is 0.0166. The van der Waals surface area contributed by atoms with Gasteiger partial charge in [-0.3, -0.25) is 0 Å². The predicted molar refractivity (Wildman–Crippen MR) is 88.0 cm³/mol. The Morgan fingerprint density at radius 3 is 2.67 bits per heavy atom. The average Bonchev–Trinajstić information content (AvgIpc) is 2.55. The monoisotopic (exact) mass is 354 g/mol. The lowest BCUT2D eigenvalue weighted by Gasteiger charge is -2.12. The van der Waals surface area contributed by atoms with Crippen LogP contribution in [0.2, 0.25) is 0 Å². The van der Waals surface area contributed by atoms with Crippen molar-refractivity contribution in [1.29, 1.82) is 0 Å². The Labute approximate surface area is 140 Å². The van der Waals surface area contributed by atoms with E-state index >= 15 is 0 Å². The van der Waals surface area contributed by atoms with Gasteiger partial charge in [0, 0.05) is 20.3 Å². The maximum Gasteiger partial charge on any atom is 0.241 e. The summed E-state index contributed by atoms with van der Waals surface area (Å²) in [7, 11) is -0.298. The number of nitrogens with zero attached hydrogens (tertiary/aromatic N) is 3. The first-order chi connectivity index (χ1) is 11.3. The Kier molecular flexibility index (Phi) is 5.68. The molecule has 1 aromatic heterocycles. The first-order valence-electron chi connectivity index (χ1n) is 7.24. The van der Waals surface area contributed by atoms with Crippen LogP contribution in [-0.4, -0.2) is 39.1 Å². The molecule has 0 aliphatic heterocycles. The Hall–Kier alpha value is -2.26. The number of rotatable bonds is 7. The van der Waals surface area contributed by atoms with Gasteiger partial charge in [-0.15, -0.1) is 0 Å². The van der Waals surface area contributed by atoms with Crippen molar-refractivity contribution in [2.75, 3.05) is 25.6 Å². The molecule has 24 heavy (non-hydrogen) atoms. The highest BCUT2D eigenvalue weighted by atomic mass is 32.2. The third kappa shape index (κ3) is 4.39. The smallest absolute Gasteiger partial charge is 0.241 e. The molecule has 0 fully saturated rings. The van der Waals surface area contributed by atoms with Crippen molar-refractivity contribution < 1.29 is 17.5 Å². The first-order valence-corrected chi connectivity index (χ1v) is 8.73. The van der Waals surface area contributed by atoms with E-state index in [2.05, 4.69) is 14.7 Å². The standard InChI is InChI=1S/C15H19FN4O3S/c1-4-23-14-6-5-12(9-13(14)16)24(21,22)18-10-11-7-8-17-15(19-11)20(2)3/h5-9,18H,4,10H2,1-3H3. The molecule has 0 unspecified atom stereocenters. The van der Waals surface area contributed by atoms with Gasteiger partial charge in [-0.05, 0) is 31.2 Å². The molecule has 1 aromatic carbocycles. The number of ether oxygens (including phenoxy) is 1. The predicted octanol–water partition coefficient (Wildman–Crippen LogP) is 1.56. The molecule has 0 saturated heterocycles. The number of sulfonamides is 1. The zero-order valence-corrected chi connectivity index (χ0v) is 14.5. The molecule has 0 spiro atoms. The molecule has 7 nitrogen and oxygen atoms in total. The van der Waals surface area contributed by atoms with Crippen molar-refractivity contribution in [2.24, 2.45) is 0 Å². The van der Waals surface area contributed by atoms with E-state index in [0.717, 1.165) is 6.07 Å². The van der Waals surface area contributed by atoms with Gasteiger partial charge in [0.25, 0.3) is 0 Å². The molecule has 0 bridgehead atoms. The third-order valence-electron chi connectivity index (χ3n) is 3.06. The summed E-state index contributed by atoms with van der Waals surface area (Å²) in [6, 6.07) is 5.12. The van der Waals surface area contributed by atoms with Crippen LogP contribution < -0.4 is 14.4 Å². The van der Waals surface area contributed by atoms with Crippen molar-refractivity contribution in [3.63, 3.8) is 0 Å². The van der Waals surface area contributed by atoms with Crippen LogP contribution in [0.5, 0.6) is 5.75 Å². The first kappa shape index (κ1) is 18.1. The van der Waals surface area contributed by atoms with Gasteiger partial charge >= 0.3 is 0 Å². The molecule has 2 rings (SSSR count). The van der Waals surface area contributed by atoms with Gasteiger partial charge in [-0.1, -0.05) is 0 Å². The summed E-state index contributed by atoms with van der Waals surface area (Å²) in [5.74, 6) is -0.238. The van der Waals surface area contributed by atoms with Gasteiger partial charge in [-0.2, -0.15) is 0 Å². The number of benzene rings is 1. The number of hydrogen-bond donors (Lipinski definition) is 1. The number of halogens is 1. The molecule has 0 amide bonds. The summed E-state index contributed by atoms with van der Waals surface area (Å²) < 4.78 is 45.8. The molecule has 0 saturated carbocycles. The quantitative estimate of drug-likeness (QED) is 0.812. The second-order valence-corrected chi connectivity index (χ2v) is 6.86. The fraction of sp³-hybridized carbons (Fsp3) is 0.333. The summed E-state index contributed by atoms with van der Waals surface area (Å²) in [5.41, 5.74) is 0.503. The minimum Gasteiger partial charge on any atom is -0.491 e. The van der Waals surface area contributed by atoms with Crippen LogP contribution in [0.4, 0.5) is 10.3 Å². The number of hydrogen-bond acceptors (Lipinski definition) is 6. The van der Waals surface area contributed by atoms with Gasteiger partial charge < -0.3 is 9.64 Å². The Bertz CT molecular complexity index is 812. The zero-order chi connectivity index (χ0) is 17.7. The molecular formula is C15H19FN4O3S. The number of nitrogens with one attached hydrogen (secondary N) is 1. The number of aromatic nitrogens is 2. The van der Waals surface area contributed by atoms with Crippen LogP contribution in [0.15, 0.2) is 35.4 Å². The van der Waals surface area contributed by atoms with Crippen molar-refractivity contribution in [1.82, 2.24) is 14.7 Å². The van der Waals surface area contributed by atoms with Crippen molar-refractivity contribution >= 4 is 16.0 Å². The second kappa shape index (κ2) is 7.54.